The molecule has 80 valence electrons. The molecule has 3 nitrogen and oxygen atoms in total. The minimum Gasteiger partial charge on any atom is -0.380 e. The van der Waals surface area contributed by atoms with Crippen molar-refractivity contribution in [1.29, 1.82) is 5.26 Å². The van der Waals surface area contributed by atoms with Crippen LogP contribution in [0.15, 0.2) is 24.3 Å². The molecule has 0 aliphatic rings. The molecule has 1 aromatic carbocycles. The first-order valence-corrected chi connectivity index (χ1v) is 4.96. The highest BCUT2D eigenvalue weighted by molar-refractivity contribution is 5.23. The Morgan fingerprint density at radius 3 is 2.87 bits per heavy atom. The third-order valence-electron chi connectivity index (χ3n) is 2.11. The normalized spacial score (nSPS) is 12.1. The highest BCUT2D eigenvalue weighted by Gasteiger charge is 1.99. The number of hydrogen-bond acceptors (Lipinski definition) is 3. The molecule has 0 amide bonds. The van der Waals surface area contributed by atoms with Gasteiger partial charge in [-0.15, -0.1) is 0 Å². The molecule has 1 unspecified atom stereocenters. The number of nitriles is 1. The van der Waals surface area contributed by atoms with Crippen molar-refractivity contribution in [3.8, 4) is 6.07 Å². The number of nitrogens with one attached hydrogen (secondary N) is 1. The predicted octanol–water partition coefficient (Wildman–Crippen LogP) is 1.83. The molecule has 0 aliphatic heterocycles. The number of hydrogen-bond donors (Lipinski definition) is 1. The van der Waals surface area contributed by atoms with Gasteiger partial charge in [-0.2, -0.15) is 5.26 Å². The van der Waals surface area contributed by atoms with Crippen molar-refractivity contribution >= 4 is 0 Å². The van der Waals surface area contributed by atoms with Crippen molar-refractivity contribution < 1.29 is 4.74 Å². The van der Waals surface area contributed by atoms with Gasteiger partial charge >= 0.3 is 0 Å². The van der Waals surface area contributed by atoms with Gasteiger partial charge < -0.3 is 4.74 Å². The fourth-order valence-corrected chi connectivity index (χ4v) is 1.31. The number of rotatable bonds is 5. The van der Waals surface area contributed by atoms with Crippen LogP contribution in [0.5, 0.6) is 0 Å². The number of nitrogens with zero attached hydrogens (tertiary/aromatic N) is 1. The number of benzene rings is 1. The van der Waals surface area contributed by atoms with Crippen LogP contribution in [-0.4, -0.2) is 13.2 Å². The third-order valence-corrected chi connectivity index (χ3v) is 2.11. The quantitative estimate of drug-likeness (QED) is 0.796. The van der Waals surface area contributed by atoms with Crippen LogP contribution in [0.4, 0.5) is 0 Å². The van der Waals surface area contributed by atoms with Crippen molar-refractivity contribution in [2.45, 2.75) is 26.1 Å². The van der Waals surface area contributed by atoms with Crippen LogP contribution in [0.2, 0.25) is 0 Å². The molecule has 1 aromatic rings. The second-order valence-corrected chi connectivity index (χ2v) is 3.48. The molecule has 1 rings (SSSR count). The second kappa shape index (κ2) is 6.18. The van der Waals surface area contributed by atoms with E-state index in [0.717, 1.165) is 5.56 Å². The van der Waals surface area contributed by atoms with Gasteiger partial charge in [-0.05, 0) is 18.1 Å². The van der Waals surface area contributed by atoms with E-state index >= 15 is 0 Å². The first kappa shape index (κ1) is 11.7. The smallest absolute Gasteiger partial charge is 0.0927 e. The minimum atomic E-state index is -0.115. The van der Waals surface area contributed by atoms with E-state index in [1.165, 1.54) is 5.56 Å². The standard InChI is InChI=1S/C12H16N2O/c1-10(7-13)14-8-11-4-3-5-12(6-11)9-15-2/h3-6,10,14H,8-9H2,1-2H3. The van der Waals surface area contributed by atoms with Crippen LogP contribution in [0.1, 0.15) is 18.1 Å². The molecule has 15 heavy (non-hydrogen) atoms. The van der Waals surface area contributed by atoms with Crippen LogP contribution in [-0.2, 0) is 17.9 Å². The molecule has 0 saturated heterocycles. The molecular formula is C12H16N2O. The molecule has 0 fully saturated rings. The summed E-state index contributed by atoms with van der Waals surface area (Å²) in [6.45, 7) is 3.19. The largest absolute Gasteiger partial charge is 0.380 e. The molecule has 0 bridgehead atoms. The summed E-state index contributed by atoms with van der Waals surface area (Å²) in [5.41, 5.74) is 2.33. The van der Waals surface area contributed by atoms with Gasteiger partial charge in [-0.3, -0.25) is 5.32 Å². The van der Waals surface area contributed by atoms with Gasteiger partial charge in [0.1, 0.15) is 0 Å². The summed E-state index contributed by atoms with van der Waals surface area (Å²) < 4.78 is 5.06. The van der Waals surface area contributed by atoms with Crippen LogP contribution < -0.4 is 5.32 Å². The summed E-state index contributed by atoms with van der Waals surface area (Å²) in [7, 11) is 1.68. The molecule has 0 spiro atoms. The highest BCUT2D eigenvalue weighted by Crippen LogP contribution is 2.06. The minimum absolute atomic E-state index is 0.115. The average Bonchev–Trinajstić information content (AvgIpc) is 2.27. The zero-order valence-electron chi connectivity index (χ0n) is 9.16. The molecule has 0 saturated carbocycles. The van der Waals surface area contributed by atoms with Gasteiger partial charge in [-0.25, -0.2) is 0 Å². The lowest BCUT2D eigenvalue weighted by Crippen LogP contribution is -2.23. The van der Waals surface area contributed by atoms with Crippen molar-refractivity contribution in [2.24, 2.45) is 0 Å². The van der Waals surface area contributed by atoms with Crippen LogP contribution in [0, 0.1) is 11.3 Å². The van der Waals surface area contributed by atoms with Crippen molar-refractivity contribution in [3.05, 3.63) is 35.4 Å². The van der Waals surface area contributed by atoms with E-state index in [9.17, 15) is 0 Å². The highest BCUT2D eigenvalue weighted by atomic mass is 16.5. The Bertz CT molecular complexity index is 344. The van der Waals surface area contributed by atoms with Gasteiger partial charge in [0, 0.05) is 13.7 Å². The fourth-order valence-electron chi connectivity index (χ4n) is 1.31. The molecule has 3 heteroatoms. The van der Waals surface area contributed by atoms with E-state index in [4.69, 9.17) is 10.00 Å². The van der Waals surface area contributed by atoms with E-state index in [1.807, 2.05) is 25.1 Å². The van der Waals surface area contributed by atoms with E-state index in [-0.39, 0.29) is 6.04 Å². The lowest BCUT2D eigenvalue weighted by molar-refractivity contribution is 0.185. The summed E-state index contributed by atoms with van der Waals surface area (Å²) in [5.74, 6) is 0. The molecule has 0 radical (unpaired) electrons. The first-order valence-electron chi connectivity index (χ1n) is 4.96. The Labute approximate surface area is 90.7 Å². The Hall–Kier alpha value is -1.37. The molecule has 1 N–H and O–H groups in total. The van der Waals surface area contributed by atoms with Crippen LogP contribution in [0.25, 0.3) is 0 Å². The lowest BCUT2D eigenvalue weighted by atomic mass is 10.1. The SMILES string of the molecule is COCc1cccc(CNC(C)C#N)c1. The third kappa shape index (κ3) is 4.11. The predicted molar refractivity (Wildman–Crippen MR) is 59.1 cm³/mol. The topological polar surface area (TPSA) is 45.0 Å². The van der Waals surface area contributed by atoms with E-state index < -0.39 is 0 Å². The monoisotopic (exact) mass is 204 g/mol. The van der Waals surface area contributed by atoms with Gasteiger partial charge in [0.2, 0.25) is 0 Å². The van der Waals surface area contributed by atoms with Crippen molar-refractivity contribution in [1.82, 2.24) is 5.32 Å². The Balaban J connectivity index is 2.54. The summed E-state index contributed by atoms with van der Waals surface area (Å²) in [6.07, 6.45) is 0. The Morgan fingerprint density at radius 1 is 1.47 bits per heavy atom. The summed E-state index contributed by atoms with van der Waals surface area (Å²) in [4.78, 5) is 0. The van der Waals surface area contributed by atoms with E-state index in [2.05, 4.69) is 17.5 Å². The fraction of sp³-hybridized carbons (Fsp3) is 0.417. The molecule has 1 atom stereocenters. The molecule has 0 aliphatic carbocycles. The zero-order valence-corrected chi connectivity index (χ0v) is 9.16. The lowest BCUT2D eigenvalue weighted by Gasteiger charge is -2.07. The van der Waals surface area contributed by atoms with Gasteiger partial charge in [0.15, 0.2) is 0 Å². The average molecular weight is 204 g/mol. The van der Waals surface area contributed by atoms with Gasteiger partial charge in [0.05, 0.1) is 18.7 Å². The summed E-state index contributed by atoms with van der Waals surface area (Å²) >= 11 is 0. The van der Waals surface area contributed by atoms with Crippen LogP contribution >= 0.6 is 0 Å². The van der Waals surface area contributed by atoms with E-state index in [1.54, 1.807) is 7.11 Å². The van der Waals surface area contributed by atoms with E-state index in [0.29, 0.717) is 13.2 Å². The van der Waals surface area contributed by atoms with Gasteiger partial charge in [-0.1, -0.05) is 24.3 Å². The Kier molecular flexibility index (Phi) is 4.82. The van der Waals surface area contributed by atoms with Crippen molar-refractivity contribution in [2.75, 3.05) is 7.11 Å². The zero-order chi connectivity index (χ0) is 11.1. The maximum Gasteiger partial charge on any atom is 0.0927 e. The molecule has 0 aromatic heterocycles. The summed E-state index contributed by atoms with van der Waals surface area (Å²) in [6, 6.07) is 10.2. The number of methoxy groups -OCH3 is 1. The maximum absolute atomic E-state index is 8.62. The summed E-state index contributed by atoms with van der Waals surface area (Å²) in [5, 5.41) is 11.7. The van der Waals surface area contributed by atoms with Crippen molar-refractivity contribution in [3.63, 3.8) is 0 Å². The van der Waals surface area contributed by atoms with Crippen LogP contribution in [0.3, 0.4) is 0 Å². The molecular weight excluding hydrogens is 188 g/mol. The maximum atomic E-state index is 8.62. The first-order chi connectivity index (χ1) is 7.26. The molecule has 0 heterocycles. The van der Waals surface area contributed by atoms with Gasteiger partial charge in [0.25, 0.3) is 0 Å². The second-order valence-electron chi connectivity index (χ2n) is 3.48. The number of ether oxygens (including phenoxy) is 1. The Morgan fingerprint density at radius 2 is 2.20 bits per heavy atom.